The maximum atomic E-state index is 13.2. The maximum Gasteiger partial charge on any atom is 0.244 e. The molecule has 0 heterocycles. The fourth-order valence-electron chi connectivity index (χ4n) is 3.23. The highest BCUT2D eigenvalue weighted by Gasteiger charge is 2.30. The first-order valence-electron chi connectivity index (χ1n) is 9.28. The van der Waals surface area contributed by atoms with E-state index >= 15 is 0 Å². The first-order valence-corrected chi connectivity index (χ1v) is 11.1. The first kappa shape index (κ1) is 22.7. The topological polar surface area (TPSA) is 75.7 Å². The number of sulfonamides is 1. The predicted molar refractivity (Wildman–Crippen MR) is 112 cm³/mol. The number of hydrogen-bond acceptors (Lipinski definition) is 4. The molecule has 158 valence electrons. The highest BCUT2D eigenvalue weighted by atomic mass is 32.2. The molecule has 2 rings (SSSR count). The van der Waals surface area contributed by atoms with Crippen molar-refractivity contribution in [3.63, 3.8) is 0 Å². The third-order valence-corrected chi connectivity index (χ3v) is 5.96. The molecule has 1 N–H and O–H groups in total. The van der Waals surface area contributed by atoms with Gasteiger partial charge in [-0.2, -0.15) is 0 Å². The maximum absolute atomic E-state index is 13.2. The summed E-state index contributed by atoms with van der Waals surface area (Å²) < 4.78 is 44.2. The Balaban J connectivity index is 2.28. The summed E-state index contributed by atoms with van der Waals surface area (Å²) in [7, 11) is -2.17. The average molecular weight is 423 g/mol. The number of amides is 1. The predicted octanol–water partition coefficient (Wildman–Crippen LogP) is 3.56. The monoisotopic (exact) mass is 422 g/mol. The van der Waals surface area contributed by atoms with Crippen LogP contribution in [0.4, 0.5) is 10.1 Å². The molecule has 2 aromatic carbocycles. The first-order chi connectivity index (χ1) is 13.6. The summed E-state index contributed by atoms with van der Waals surface area (Å²) in [5.41, 5.74) is 2.07. The molecular weight excluding hydrogens is 395 g/mol. The summed E-state index contributed by atoms with van der Waals surface area (Å²) >= 11 is 0. The van der Waals surface area contributed by atoms with E-state index in [-0.39, 0.29) is 11.7 Å². The highest BCUT2D eigenvalue weighted by Crippen LogP contribution is 2.25. The number of ether oxygens (including phenoxy) is 1. The van der Waals surface area contributed by atoms with Crippen molar-refractivity contribution in [1.82, 2.24) is 5.32 Å². The Morgan fingerprint density at radius 2 is 1.83 bits per heavy atom. The number of carbonyl (C=O) groups is 1. The second-order valence-electron chi connectivity index (χ2n) is 6.91. The standard InChI is InChI=1S/C21H27FN2O4S/c1-6-19(16-7-12-20(28-4)14(2)13-16)23-21(25)15(3)24(29(5,26)27)18-10-8-17(22)9-11-18/h7-13,15,19H,6H2,1-5H3,(H,23,25). The van der Waals surface area contributed by atoms with Crippen molar-refractivity contribution in [2.75, 3.05) is 17.7 Å². The average Bonchev–Trinajstić information content (AvgIpc) is 2.66. The summed E-state index contributed by atoms with van der Waals surface area (Å²) in [5.74, 6) is -0.178. The number of methoxy groups -OCH3 is 1. The van der Waals surface area contributed by atoms with Crippen LogP contribution < -0.4 is 14.4 Å². The van der Waals surface area contributed by atoms with Gasteiger partial charge in [0.15, 0.2) is 0 Å². The molecule has 0 aliphatic heterocycles. The third-order valence-electron chi connectivity index (χ3n) is 4.72. The Labute approximate surface area is 171 Å². The molecule has 2 aromatic rings. The zero-order valence-corrected chi connectivity index (χ0v) is 18.1. The Morgan fingerprint density at radius 3 is 2.31 bits per heavy atom. The Bertz CT molecular complexity index is 961. The molecule has 0 radical (unpaired) electrons. The third kappa shape index (κ3) is 5.47. The van der Waals surface area contributed by atoms with Crippen molar-refractivity contribution >= 4 is 21.6 Å². The van der Waals surface area contributed by atoms with Crippen LogP contribution in [0.25, 0.3) is 0 Å². The second kappa shape index (κ2) is 9.26. The summed E-state index contributed by atoms with van der Waals surface area (Å²) in [6.45, 7) is 5.36. The van der Waals surface area contributed by atoms with E-state index in [2.05, 4.69) is 5.32 Å². The van der Waals surface area contributed by atoms with Crippen LogP contribution in [0.1, 0.15) is 37.4 Å². The quantitative estimate of drug-likeness (QED) is 0.706. The van der Waals surface area contributed by atoms with Gasteiger partial charge in [0.25, 0.3) is 0 Å². The van der Waals surface area contributed by atoms with Crippen molar-refractivity contribution < 1.29 is 22.3 Å². The number of halogens is 1. The second-order valence-corrected chi connectivity index (χ2v) is 8.77. The fourth-order valence-corrected chi connectivity index (χ4v) is 4.40. The minimum atomic E-state index is -3.76. The van der Waals surface area contributed by atoms with Gasteiger partial charge < -0.3 is 10.1 Å². The number of aryl methyl sites for hydroxylation is 1. The van der Waals surface area contributed by atoms with Gasteiger partial charge in [0.1, 0.15) is 17.6 Å². The lowest BCUT2D eigenvalue weighted by molar-refractivity contribution is -0.122. The molecule has 0 aliphatic carbocycles. The van der Waals surface area contributed by atoms with Gasteiger partial charge in [-0.25, -0.2) is 12.8 Å². The molecule has 2 unspecified atom stereocenters. The van der Waals surface area contributed by atoms with Crippen molar-refractivity contribution in [3.8, 4) is 5.75 Å². The number of benzene rings is 2. The number of carbonyl (C=O) groups excluding carboxylic acids is 1. The number of hydrogen-bond donors (Lipinski definition) is 1. The number of nitrogens with one attached hydrogen (secondary N) is 1. The lowest BCUT2D eigenvalue weighted by Gasteiger charge is -2.30. The van der Waals surface area contributed by atoms with E-state index in [1.54, 1.807) is 7.11 Å². The molecule has 1 amide bonds. The van der Waals surface area contributed by atoms with E-state index in [1.165, 1.54) is 19.1 Å². The van der Waals surface area contributed by atoms with Crippen LogP contribution in [-0.2, 0) is 14.8 Å². The fraction of sp³-hybridized carbons (Fsp3) is 0.381. The molecule has 0 saturated carbocycles. The lowest BCUT2D eigenvalue weighted by Crippen LogP contribution is -2.48. The molecule has 0 aromatic heterocycles. The van der Waals surface area contributed by atoms with Gasteiger partial charge in [-0.3, -0.25) is 9.10 Å². The van der Waals surface area contributed by atoms with E-state index < -0.39 is 27.8 Å². The molecule has 6 nitrogen and oxygen atoms in total. The Morgan fingerprint density at radius 1 is 1.21 bits per heavy atom. The zero-order chi connectivity index (χ0) is 21.8. The van der Waals surface area contributed by atoms with E-state index in [0.717, 1.165) is 39.6 Å². The molecular formula is C21H27FN2O4S. The molecule has 0 spiro atoms. The lowest BCUT2D eigenvalue weighted by atomic mass is 10.0. The van der Waals surface area contributed by atoms with Gasteiger partial charge in [0.2, 0.25) is 15.9 Å². The van der Waals surface area contributed by atoms with Gasteiger partial charge in [0.05, 0.1) is 25.1 Å². The Hall–Kier alpha value is -2.61. The minimum Gasteiger partial charge on any atom is -0.496 e. The van der Waals surface area contributed by atoms with Crippen molar-refractivity contribution in [2.24, 2.45) is 0 Å². The van der Waals surface area contributed by atoms with Crippen LogP contribution in [-0.4, -0.2) is 33.7 Å². The van der Waals surface area contributed by atoms with Crippen LogP contribution in [0, 0.1) is 12.7 Å². The van der Waals surface area contributed by atoms with Gasteiger partial charge >= 0.3 is 0 Å². The van der Waals surface area contributed by atoms with E-state index in [1.807, 2.05) is 32.0 Å². The normalized spacial score (nSPS) is 13.4. The molecule has 0 bridgehead atoms. The smallest absolute Gasteiger partial charge is 0.244 e. The van der Waals surface area contributed by atoms with E-state index in [0.29, 0.717) is 6.42 Å². The van der Waals surface area contributed by atoms with Crippen molar-refractivity contribution in [1.29, 1.82) is 0 Å². The largest absolute Gasteiger partial charge is 0.496 e. The van der Waals surface area contributed by atoms with Gasteiger partial charge in [-0.05, 0) is 61.7 Å². The molecule has 0 fully saturated rings. The summed E-state index contributed by atoms with van der Waals surface area (Å²) in [6.07, 6.45) is 1.64. The highest BCUT2D eigenvalue weighted by molar-refractivity contribution is 7.92. The van der Waals surface area contributed by atoms with E-state index in [9.17, 15) is 17.6 Å². The molecule has 2 atom stereocenters. The molecule has 29 heavy (non-hydrogen) atoms. The molecule has 0 saturated heterocycles. The van der Waals surface area contributed by atoms with Crippen LogP contribution in [0.15, 0.2) is 42.5 Å². The van der Waals surface area contributed by atoms with Gasteiger partial charge in [0, 0.05) is 0 Å². The van der Waals surface area contributed by atoms with Crippen LogP contribution in [0.2, 0.25) is 0 Å². The van der Waals surface area contributed by atoms with Gasteiger partial charge in [-0.1, -0.05) is 19.1 Å². The van der Waals surface area contributed by atoms with Crippen LogP contribution >= 0.6 is 0 Å². The van der Waals surface area contributed by atoms with Crippen LogP contribution in [0.5, 0.6) is 5.75 Å². The summed E-state index contributed by atoms with van der Waals surface area (Å²) in [6, 6.07) is 9.35. The van der Waals surface area contributed by atoms with Crippen LogP contribution in [0.3, 0.4) is 0 Å². The Kier molecular flexibility index (Phi) is 7.24. The summed E-state index contributed by atoms with van der Waals surface area (Å²) in [4.78, 5) is 12.9. The summed E-state index contributed by atoms with van der Waals surface area (Å²) in [5, 5.41) is 2.92. The molecule has 8 heteroatoms. The number of nitrogens with zero attached hydrogens (tertiary/aromatic N) is 1. The molecule has 0 aliphatic rings. The minimum absolute atomic E-state index is 0.227. The van der Waals surface area contributed by atoms with E-state index in [4.69, 9.17) is 4.74 Å². The van der Waals surface area contributed by atoms with Crippen molar-refractivity contribution in [3.05, 3.63) is 59.4 Å². The zero-order valence-electron chi connectivity index (χ0n) is 17.3. The van der Waals surface area contributed by atoms with Crippen molar-refractivity contribution in [2.45, 2.75) is 39.3 Å². The number of rotatable bonds is 8. The SMILES string of the molecule is CCC(NC(=O)C(C)N(c1ccc(F)cc1)S(C)(=O)=O)c1ccc(OC)c(C)c1. The van der Waals surface area contributed by atoms with Gasteiger partial charge in [-0.15, -0.1) is 0 Å². The number of anilines is 1.